The monoisotopic (exact) mass is 540 g/mol. The molecular weight excluding hydrogens is 500 g/mol. The van der Waals surface area contributed by atoms with Gasteiger partial charge in [-0.25, -0.2) is 0 Å². The number of hydrogen-bond donors (Lipinski definition) is 6. The van der Waals surface area contributed by atoms with Crippen LogP contribution in [0.1, 0.15) is 44.2 Å². The largest absolute Gasteiger partial charge is 0.504 e. The van der Waals surface area contributed by atoms with Crippen LogP contribution >= 0.6 is 0 Å². The zero-order chi connectivity index (χ0) is 28.5. The molecule has 7 N–H and O–H groups in total. The molecule has 2 aromatic rings. The van der Waals surface area contributed by atoms with E-state index in [1.165, 1.54) is 13.2 Å². The molecule has 39 heavy (non-hydrogen) atoms. The molecule has 2 atom stereocenters. The Bertz CT molecular complexity index is 1210. The number of aromatic hydroxyl groups is 3. The molecule has 3 rings (SSSR count). The van der Waals surface area contributed by atoms with E-state index in [9.17, 15) is 25.2 Å². The number of phenolic OH excluding ortho intramolecular Hbond substituents is 3. The third kappa shape index (κ3) is 8.58. The van der Waals surface area contributed by atoms with E-state index in [2.05, 4.69) is 5.32 Å². The van der Waals surface area contributed by atoms with Gasteiger partial charge in [-0.05, 0) is 78.6 Å². The van der Waals surface area contributed by atoms with Gasteiger partial charge in [0.25, 0.3) is 0 Å². The van der Waals surface area contributed by atoms with Crippen LogP contribution in [0.4, 0.5) is 0 Å². The van der Waals surface area contributed by atoms with E-state index in [4.69, 9.17) is 15.2 Å². The number of benzene rings is 2. The molecule has 212 valence electrons. The number of aryl methyl sites for hydroxylation is 2. The minimum atomic E-state index is -0.916. The molecule has 0 amide bonds. The van der Waals surface area contributed by atoms with Crippen molar-refractivity contribution in [1.82, 2.24) is 5.32 Å². The Labute approximate surface area is 229 Å². The van der Waals surface area contributed by atoms with E-state index in [0.29, 0.717) is 56.0 Å². The van der Waals surface area contributed by atoms with E-state index in [1.807, 2.05) is 19.9 Å². The van der Waals surface area contributed by atoms with Crippen LogP contribution in [0.5, 0.6) is 28.7 Å². The molecule has 0 bridgehead atoms. The highest BCUT2D eigenvalue weighted by Crippen LogP contribution is 2.37. The highest BCUT2D eigenvalue weighted by molar-refractivity contribution is 5.82. The van der Waals surface area contributed by atoms with Crippen LogP contribution in [0, 0.1) is 11.8 Å². The molecule has 2 aromatic carbocycles. The number of nitrogens with two attached hydrogens (primary N) is 1. The fraction of sp³-hybridized carbons (Fsp3) is 0.433. The summed E-state index contributed by atoms with van der Waals surface area (Å²) in [4.78, 5) is 13.5. The summed E-state index contributed by atoms with van der Waals surface area (Å²) in [5, 5.41) is 44.4. The van der Waals surface area contributed by atoms with Crippen molar-refractivity contribution in [3.8, 4) is 28.7 Å². The molecule has 1 aliphatic rings. The van der Waals surface area contributed by atoms with Gasteiger partial charge < -0.3 is 41.0 Å². The highest BCUT2D eigenvalue weighted by atomic mass is 16.5. The van der Waals surface area contributed by atoms with Gasteiger partial charge in [-0.15, -0.1) is 0 Å². The second kappa shape index (κ2) is 13.8. The molecule has 0 radical (unpaired) electrons. The first-order valence-electron chi connectivity index (χ1n) is 13.2. The lowest BCUT2D eigenvalue weighted by atomic mass is 9.84. The van der Waals surface area contributed by atoms with E-state index in [0.717, 1.165) is 11.1 Å². The van der Waals surface area contributed by atoms with Crippen molar-refractivity contribution in [2.24, 2.45) is 17.6 Å². The van der Waals surface area contributed by atoms with Crippen molar-refractivity contribution in [1.29, 1.82) is 0 Å². The van der Waals surface area contributed by atoms with Crippen molar-refractivity contribution < 1.29 is 34.7 Å². The summed E-state index contributed by atoms with van der Waals surface area (Å²) in [7, 11) is 1.47. The number of hydrogen-bond acceptors (Lipinski definition) is 9. The molecular formula is C30H40N2O7. The first kappa shape index (κ1) is 29.7. The number of ether oxygens (including phenoxy) is 2. The average molecular weight is 541 g/mol. The smallest absolute Gasteiger partial charge is 0.200 e. The van der Waals surface area contributed by atoms with E-state index >= 15 is 0 Å². The number of aliphatic hydroxyl groups is 1. The molecule has 9 heteroatoms. The van der Waals surface area contributed by atoms with Gasteiger partial charge in [0.05, 0.1) is 25.6 Å². The number of methoxy groups -OCH3 is 1. The predicted molar refractivity (Wildman–Crippen MR) is 149 cm³/mol. The van der Waals surface area contributed by atoms with Gasteiger partial charge in [-0.1, -0.05) is 26.0 Å². The lowest BCUT2D eigenvalue weighted by molar-refractivity contribution is -0.126. The van der Waals surface area contributed by atoms with Crippen molar-refractivity contribution in [2.75, 3.05) is 20.3 Å². The number of rotatable bonds is 14. The number of aliphatic hydroxyl groups excluding tert-OH is 1. The molecule has 0 aliphatic carbocycles. The molecule has 0 fully saturated rings. The Morgan fingerprint density at radius 3 is 2.49 bits per heavy atom. The minimum absolute atomic E-state index is 0.0371. The predicted octanol–water partition coefficient (Wildman–Crippen LogP) is 3.68. The number of carbonyl (C=O) groups excluding carboxylic acids is 1. The lowest BCUT2D eigenvalue weighted by Gasteiger charge is -2.24. The topological polar surface area (TPSA) is 154 Å². The van der Waals surface area contributed by atoms with Gasteiger partial charge in [0.2, 0.25) is 5.75 Å². The molecule has 1 aliphatic heterocycles. The average Bonchev–Trinajstić information content (AvgIpc) is 2.90. The third-order valence-corrected chi connectivity index (χ3v) is 6.66. The number of carbonyl (C=O) groups is 1. The Morgan fingerprint density at radius 1 is 1.05 bits per heavy atom. The second-order valence-corrected chi connectivity index (χ2v) is 10.3. The van der Waals surface area contributed by atoms with Crippen LogP contribution in [0.3, 0.4) is 0 Å². The summed E-state index contributed by atoms with van der Waals surface area (Å²) in [5.74, 6) is -0.111. The molecule has 0 aromatic heterocycles. The lowest BCUT2D eigenvalue weighted by Crippen LogP contribution is -2.31. The van der Waals surface area contributed by atoms with Crippen LogP contribution in [0.25, 0.3) is 0 Å². The summed E-state index contributed by atoms with van der Waals surface area (Å²) in [6.45, 7) is 4.87. The molecule has 0 saturated heterocycles. The molecule has 2 unspecified atom stereocenters. The van der Waals surface area contributed by atoms with Crippen LogP contribution in [-0.2, 0) is 17.6 Å². The van der Waals surface area contributed by atoms with Gasteiger partial charge in [-0.3, -0.25) is 4.79 Å². The first-order chi connectivity index (χ1) is 18.6. The maximum atomic E-state index is 13.5. The number of ketones is 1. The Morgan fingerprint density at radius 2 is 1.79 bits per heavy atom. The number of nitrogens with one attached hydrogen (secondary N) is 1. The quantitative estimate of drug-likeness (QED) is 0.197. The van der Waals surface area contributed by atoms with Crippen LogP contribution in [-0.4, -0.2) is 52.6 Å². The number of phenols is 3. The van der Waals surface area contributed by atoms with Gasteiger partial charge >= 0.3 is 0 Å². The van der Waals surface area contributed by atoms with E-state index < -0.39 is 12.0 Å². The number of Topliss-reactive ketones (excluding diaryl/α,β-unsaturated/α-hetero) is 1. The summed E-state index contributed by atoms with van der Waals surface area (Å²) < 4.78 is 10.8. The molecule has 1 heterocycles. The fourth-order valence-electron chi connectivity index (χ4n) is 4.48. The van der Waals surface area contributed by atoms with Gasteiger partial charge in [0, 0.05) is 18.9 Å². The molecule has 0 spiro atoms. The van der Waals surface area contributed by atoms with Crippen molar-refractivity contribution in [3.05, 3.63) is 65.0 Å². The van der Waals surface area contributed by atoms with Gasteiger partial charge in [-0.2, -0.15) is 0 Å². The minimum Gasteiger partial charge on any atom is -0.504 e. The summed E-state index contributed by atoms with van der Waals surface area (Å²) >= 11 is 0. The summed E-state index contributed by atoms with van der Waals surface area (Å²) in [6, 6.07) is 8.08. The second-order valence-electron chi connectivity index (χ2n) is 10.3. The maximum Gasteiger partial charge on any atom is 0.200 e. The van der Waals surface area contributed by atoms with Crippen molar-refractivity contribution >= 4 is 5.78 Å². The zero-order valence-electron chi connectivity index (χ0n) is 22.8. The normalized spacial score (nSPS) is 14.7. The standard InChI is InChI=1S/C30H40N2O7/c1-18(2)17-39-28-15-20(13-26(36)30(28)37)6-8-24(34)22(12-21-10-11-32-29(31)16-21)23(33)7-4-19-5-9-25(35)27(14-19)38-3/h5,9-10,13-16,18,22-23,32-33,35-37H,4,6-8,11-12,17,31H2,1-3H3. The Kier molecular flexibility index (Phi) is 10.5. The highest BCUT2D eigenvalue weighted by Gasteiger charge is 2.28. The van der Waals surface area contributed by atoms with Gasteiger partial charge in [0.15, 0.2) is 23.0 Å². The van der Waals surface area contributed by atoms with Crippen molar-refractivity contribution in [2.45, 2.75) is 52.1 Å². The third-order valence-electron chi connectivity index (χ3n) is 6.66. The summed E-state index contributed by atoms with van der Waals surface area (Å²) in [6.07, 6.45) is 4.41. The maximum absolute atomic E-state index is 13.5. The number of allylic oxidation sites excluding steroid dienone is 2. The molecule has 9 nitrogen and oxygen atoms in total. The van der Waals surface area contributed by atoms with Crippen LogP contribution < -0.4 is 20.5 Å². The first-order valence-corrected chi connectivity index (χ1v) is 13.2. The Balaban J connectivity index is 1.73. The zero-order valence-corrected chi connectivity index (χ0v) is 22.8. The number of dihydropyridines is 1. The summed E-state index contributed by atoms with van der Waals surface area (Å²) in [5.41, 5.74) is 8.31. The van der Waals surface area contributed by atoms with Gasteiger partial charge in [0.1, 0.15) is 5.78 Å². The SMILES string of the molecule is COc1cc(CCC(O)C(CC2=CCNC(N)=C2)C(=O)CCc2cc(O)c(O)c(OCC(C)C)c2)ccc1O. The van der Waals surface area contributed by atoms with Crippen LogP contribution in [0.15, 0.2) is 53.9 Å². The van der Waals surface area contributed by atoms with E-state index in [1.54, 1.807) is 30.3 Å². The molecule has 0 saturated carbocycles. The van der Waals surface area contributed by atoms with Crippen LogP contribution in [0.2, 0.25) is 0 Å². The van der Waals surface area contributed by atoms with E-state index in [-0.39, 0.29) is 41.1 Å². The Hall–Kier alpha value is -3.85. The fourth-order valence-corrected chi connectivity index (χ4v) is 4.48. The van der Waals surface area contributed by atoms with Crippen molar-refractivity contribution in [3.63, 3.8) is 0 Å².